The lowest BCUT2D eigenvalue weighted by molar-refractivity contribution is -0.438. The van der Waals surface area contributed by atoms with Gasteiger partial charge in [0, 0.05) is 84.3 Å². The van der Waals surface area contributed by atoms with Gasteiger partial charge in [0.25, 0.3) is 10.1 Å². The predicted octanol–water partition coefficient (Wildman–Crippen LogP) is 4.52. The number of aliphatic carboxylic acids is 1. The van der Waals surface area contributed by atoms with Gasteiger partial charge in [0.1, 0.15) is 35.6 Å². The van der Waals surface area contributed by atoms with E-state index >= 15 is 0 Å². The summed E-state index contributed by atoms with van der Waals surface area (Å²) in [6.07, 6.45) is 11.7. The molecule has 11 N–H and O–H groups in total. The lowest BCUT2D eigenvalue weighted by Crippen LogP contribution is -2.65. The molecule has 6 atom stereocenters. The Balaban J connectivity index is 0.923. The number of allylic oxidation sites excluding steroid dienone is 6. The number of unbranched alkanes of at least 4 members (excludes halogenated alkanes) is 1. The molecule has 6 amide bonds. The minimum Gasteiger partial charge on any atom is -0.481 e. The second-order valence-corrected chi connectivity index (χ2v) is 25.3. The number of nitrogens with one attached hydrogen (secondary N) is 5. The fourth-order valence-electron chi connectivity index (χ4n) is 13.6. The molecule has 22 nitrogen and oxygen atoms in total. The first kappa shape index (κ1) is 62.1. The summed E-state index contributed by atoms with van der Waals surface area (Å²) in [5.74, 6) is -6.44. The lowest BCUT2D eigenvalue weighted by Gasteiger charge is -2.42. The van der Waals surface area contributed by atoms with Crippen molar-refractivity contribution in [3.8, 4) is 0 Å². The minimum atomic E-state index is -4.56. The quantitative estimate of drug-likeness (QED) is 0.0165. The first-order chi connectivity index (χ1) is 40.8. The second kappa shape index (κ2) is 25.3. The Morgan fingerprint density at radius 2 is 1.56 bits per heavy atom. The van der Waals surface area contributed by atoms with Gasteiger partial charge in [-0.25, -0.2) is 0 Å². The number of likely N-dealkylation sites (N-methyl/N-ethyl adjacent to an activating group) is 1. The van der Waals surface area contributed by atoms with E-state index in [1.165, 1.54) is 44.3 Å². The van der Waals surface area contributed by atoms with Crippen LogP contribution in [0.15, 0.2) is 107 Å². The number of fused-ring (bicyclic) bond motifs is 7. The molecule has 1 unspecified atom stereocenters. The number of rotatable bonds is 18. The number of piperidine rings is 1. The van der Waals surface area contributed by atoms with E-state index in [4.69, 9.17) is 11.5 Å². The summed E-state index contributed by atoms with van der Waals surface area (Å²) in [6, 6.07) is 13.7. The van der Waals surface area contributed by atoms with Crippen molar-refractivity contribution in [3.63, 3.8) is 0 Å². The Labute approximate surface area is 500 Å². The highest BCUT2D eigenvalue weighted by Gasteiger charge is 2.51. The molecule has 0 spiro atoms. The summed E-state index contributed by atoms with van der Waals surface area (Å²) >= 11 is 0. The number of aryl methyl sites for hydroxylation is 1. The predicted molar refractivity (Wildman–Crippen MR) is 327 cm³/mol. The maximum Gasteiger partial charge on any atom is 0.305 e. The number of amides is 6. The van der Waals surface area contributed by atoms with Crippen LogP contribution < -0.4 is 43.0 Å². The molecule has 4 aromatic rings. The fourth-order valence-corrected chi connectivity index (χ4v) is 14.3. The van der Waals surface area contributed by atoms with Crippen LogP contribution in [0.3, 0.4) is 0 Å². The molecular weight excluding hydrogens is 1120 g/mol. The topological polar surface area (TPSA) is 328 Å². The van der Waals surface area contributed by atoms with Gasteiger partial charge in [-0.2, -0.15) is 13.0 Å². The molecule has 0 saturated carbocycles. The molecule has 5 heterocycles. The molecule has 0 radical (unpaired) electrons. The van der Waals surface area contributed by atoms with Crippen LogP contribution in [0, 0.1) is 12.8 Å². The van der Waals surface area contributed by atoms with Crippen LogP contribution in [0.1, 0.15) is 109 Å². The first-order valence-corrected chi connectivity index (χ1v) is 30.9. The summed E-state index contributed by atoms with van der Waals surface area (Å²) in [5, 5.41) is 26.5. The highest BCUT2D eigenvalue weighted by molar-refractivity contribution is 7.86. The zero-order chi connectivity index (χ0) is 62.0. The summed E-state index contributed by atoms with van der Waals surface area (Å²) in [5.41, 5.74) is 17.6. The zero-order valence-corrected chi connectivity index (χ0v) is 50.3. The Bertz CT molecular complexity index is 3700. The van der Waals surface area contributed by atoms with Crippen molar-refractivity contribution in [2.75, 3.05) is 37.6 Å². The molecule has 5 aliphatic heterocycles. The number of hydrogen-bond donors (Lipinski definition) is 9. The summed E-state index contributed by atoms with van der Waals surface area (Å²) in [6.45, 7) is 13.7. The number of benzene rings is 4. The molecule has 86 heavy (non-hydrogen) atoms. The number of hydrogen-bond acceptors (Lipinski definition) is 11. The fraction of sp³-hybridized carbons (Fsp3) is 0.444. The van der Waals surface area contributed by atoms with Crippen LogP contribution in [-0.4, -0.2) is 144 Å². The van der Waals surface area contributed by atoms with Crippen LogP contribution in [0.4, 0.5) is 11.4 Å². The van der Waals surface area contributed by atoms with Crippen molar-refractivity contribution < 1.29 is 56.2 Å². The number of carbonyl (C=O) groups excluding carboxylic acids is 6. The van der Waals surface area contributed by atoms with Crippen LogP contribution >= 0.6 is 0 Å². The monoisotopic (exact) mass is 1200 g/mol. The smallest absolute Gasteiger partial charge is 0.305 e. The number of nitrogens with two attached hydrogens (primary N) is 2. The van der Waals surface area contributed by atoms with Crippen molar-refractivity contribution in [1.82, 2.24) is 31.5 Å². The number of carboxylic acids is 1. The van der Waals surface area contributed by atoms with Gasteiger partial charge >= 0.3 is 5.97 Å². The number of guanidine groups is 1. The van der Waals surface area contributed by atoms with E-state index in [1.807, 2.05) is 24.3 Å². The number of anilines is 1. The van der Waals surface area contributed by atoms with Gasteiger partial charge in [-0.15, -0.1) is 0 Å². The number of nitrogens with zero attached hydrogens (tertiary/aromatic N) is 4. The van der Waals surface area contributed by atoms with Gasteiger partial charge in [-0.05, 0) is 118 Å². The Hall–Kier alpha value is -8.44. The zero-order valence-electron chi connectivity index (χ0n) is 49.4. The van der Waals surface area contributed by atoms with Gasteiger partial charge in [0.05, 0.1) is 18.4 Å². The largest absolute Gasteiger partial charge is 0.481 e. The van der Waals surface area contributed by atoms with Crippen molar-refractivity contribution >= 4 is 96.1 Å². The van der Waals surface area contributed by atoms with E-state index in [-0.39, 0.29) is 67.4 Å². The van der Waals surface area contributed by atoms with Gasteiger partial charge in [-0.3, -0.25) is 43.1 Å². The third-order valence-electron chi connectivity index (χ3n) is 17.6. The summed E-state index contributed by atoms with van der Waals surface area (Å²) < 4.78 is 37.7. The van der Waals surface area contributed by atoms with Crippen LogP contribution in [0.25, 0.3) is 21.5 Å². The number of aliphatic imine (C=N–C) groups is 1. The van der Waals surface area contributed by atoms with E-state index in [0.717, 1.165) is 23.5 Å². The molecule has 0 aliphatic carbocycles. The van der Waals surface area contributed by atoms with Crippen molar-refractivity contribution in [2.24, 2.45) is 22.4 Å². The summed E-state index contributed by atoms with van der Waals surface area (Å²) in [7, 11) is -4.56. The molecule has 23 heteroatoms. The summed E-state index contributed by atoms with van der Waals surface area (Å²) in [4.78, 5) is 102. The van der Waals surface area contributed by atoms with Crippen molar-refractivity contribution in [2.45, 2.75) is 145 Å². The third-order valence-corrected chi connectivity index (χ3v) is 18.5. The Morgan fingerprint density at radius 1 is 0.826 bits per heavy atom. The molecule has 9 rings (SSSR count). The van der Waals surface area contributed by atoms with Crippen LogP contribution in [-0.2, 0) is 54.5 Å². The third kappa shape index (κ3) is 12.6. The lowest BCUT2D eigenvalue weighted by atomic mass is 9.79. The first-order valence-electron chi connectivity index (χ1n) is 29.4. The van der Waals surface area contributed by atoms with E-state index in [1.54, 1.807) is 12.1 Å². The van der Waals surface area contributed by atoms with Gasteiger partial charge < -0.3 is 53.0 Å². The van der Waals surface area contributed by atoms with E-state index in [0.29, 0.717) is 36.6 Å². The average Bonchev–Trinajstić information content (AvgIpc) is 1.69. The highest BCUT2D eigenvalue weighted by atomic mass is 32.2. The Kier molecular flexibility index (Phi) is 18.2. The molecule has 5 aliphatic rings. The molecule has 3 saturated heterocycles. The standard InChI is InChI=1S/C63H77N11O11S/c1-7-72-45-28-25-39-36(2)16-13-17-41(39)54(45)62(3,4)49(72)21-9-8-10-22-50-63(5,6)55-42-18-14-20-48(86(83,84)85)40(42)26-29-46(55)73(50)31-12-11-23-51(75)67-34-37-32-38-24-27-47-59(81)70-43(19-15-30-66-61(64)65)57(79)68-35-52(76)69-44(33-53(77)78)58(80)71-56(37)60(82)74(38)47/h8-10,13-14,16-18,20-22,25-26,28-29,37-38,43-44,47,56H,7,11-12,15,19,23-24,27,30-35H2,1-6H3,(H10-,64,65,66,67,68,69,70,71,75,76,77,78,79,80,81,83,84,85)/p+1/t37-,38?,43-,44-,47-,56+/m0/s1. The molecule has 4 aromatic carbocycles. The number of carbonyl (C=O) groups is 7. The molecule has 3 fully saturated rings. The highest BCUT2D eigenvalue weighted by Crippen LogP contribution is 2.51. The van der Waals surface area contributed by atoms with Gasteiger partial charge in [0.2, 0.25) is 41.1 Å². The van der Waals surface area contributed by atoms with Crippen LogP contribution in [0.5, 0.6) is 0 Å². The van der Waals surface area contributed by atoms with E-state index in [2.05, 4.69) is 131 Å². The SMILES string of the molecule is CCN1C(=CC=CC=CC2=[N+](CCCCC(=O)NC[C@@H]3CC4CC[C@H]5C(=O)N[C@@H](CCCN=C(N)N)C(=O)NCC(=O)N[C@@H](CC(=O)O)C(=O)N[C@H]3C(=O)N45)c3ccc4c(S(=O)(=O)O)cccc4c3C2(C)C)C(C)(C)c2c1ccc1c(C)cccc21. The van der Waals surface area contributed by atoms with Crippen LogP contribution in [0.2, 0.25) is 0 Å². The maximum atomic E-state index is 14.6. The molecule has 0 aromatic heterocycles. The molecule has 456 valence electrons. The van der Waals surface area contributed by atoms with E-state index in [9.17, 15) is 51.6 Å². The average molecular weight is 1200 g/mol. The number of carboxylic acid groups (broad SMARTS) is 1. The Morgan fingerprint density at radius 3 is 2.28 bits per heavy atom. The van der Waals surface area contributed by atoms with Gasteiger partial charge in [-0.1, -0.05) is 68.5 Å². The molecule has 2 bridgehead atoms. The normalized spacial score (nSPS) is 23.5. The molecular formula is C63H78N11O11S+. The van der Waals surface area contributed by atoms with E-state index < -0.39 is 100 Å². The van der Waals surface area contributed by atoms with Crippen molar-refractivity contribution in [3.05, 3.63) is 113 Å². The van der Waals surface area contributed by atoms with Crippen molar-refractivity contribution in [1.29, 1.82) is 0 Å². The second-order valence-electron chi connectivity index (χ2n) is 23.9. The van der Waals surface area contributed by atoms with Gasteiger partial charge in [0.15, 0.2) is 11.7 Å². The minimum absolute atomic E-state index is 0.0558. The maximum absolute atomic E-state index is 14.6.